The Bertz CT molecular complexity index is 425. The highest BCUT2D eigenvalue weighted by molar-refractivity contribution is 9.10. The van der Waals surface area contributed by atoms with Crippen molar-refractivity contribution in [2.75, 3.05) is 13.7 Å². The average molecular weight is 342 g/mol. The minimum absolute atomic E-state index is 0.192. The molecule has 1 rings (SSSR count). The number of nitrogens with one attached hydrogen (secondary N) is 1. The lowest BCUT2D eigenvalue weighted by molar-refractivity contribution is 0.317. The van der Waals surface area contributed by atoms with Crippen LogP contribution in [-0.2, 0) is 6.42 Å². The van der Waals surface area contributed by atoms with E-state index >= 15 is 0 Å². The third kappa shape index (κ3) is 5.84. The molecule has 2 atom stereocenters. The molecule has 2 unspecified atom stereocenters. The van der Waals surface area contributed by atoms with Gasteiger partial charge in [-0.3, -0.25) is 0 Å². The Kier molecular flexibility index (Phi) is 6.53. The molecule has 1 N–H and O–H groups in total. The lowest BCUT2D eigenvalue weighted by atomic mass is 9.89. The van der Waals surface area contributed by atoms with Crippen molar-refractivity contribution >= 4 is 15.9 Å². The normalized spacial score (nSPS) is 14.9. The van der Waals surface area contributed by atoms with Gasteiger partial charge in [0.15, 0.2) is 0 Å². The Labute approximate surface area is 132 Å². The van der Waals surface area contributed by atoms with Crippen molar-refractivity contribution in [3.63, 3.8) is 0 Å². The molecule has 0 saturated heterocycles. The Balaban J connectivity index is 2.57. The van der Waals surface area contributed by atoms with E-state index in [-0.39, 0.29) is 5.54 Å². The first-order valence-corrected chi connectivity index (χ1v) is 8.09. The van der Waals surface area contributed by atoms with Gasteiger partial charge in [-0.15, -0.1) is 0 Å². The van der Waals surface area contributed by atoms with E-state index in [2.05, 4.69) is 68.0 Å². The maximum Gasteiger partial charge on any atom is 0.133 e. The SMILES string of the molecule is COc1ccc(CC(C)C(C)CNC(C)(C)C)cc1Br. The van der Waals surface area contributed by atoms with E-state index in [9.17, 15) is 0 Å². The first-order chi connectivity index (χ1) is 9.23. The minimum Gasteiger partial charge on any atom is -0.496 e. The number of rotatable bonds is 6. The Hall–Kier alpha value is -0.540. The topological polar surface area (TPSA) is 21.3 Å². The monoisotopic (exact) mass is 341 g/mol. The van der Waals surface area contributed by atoms with Crippen molar-refractivity contribution < 1.29 is 4.74 Å². The van der Waals surface area contributed by atoms with Gasteiger partial charge in [0, 0.05) is 5.54 Å². The summed E-state index contributed by atoms with van der Waals surface area (Å²) in [7, 11) is 1.70. The largest absolute Gasteiger partial charge is 0.496 e. The first-order valence-electron chi connectivity index (χ1n) is 7.30. The van der Waals surface area contributed by atoms with Crippen LogP contribution in [0.1, 0.15) is 40.2 Å². The number of ether oxygens (including phenoxy) is 1. The van der Waals surface area contributed by atoms with E-state index in [0.717, 1.165) is 23.2 Å². The average Bonchev–Trinajstić information content (AvgIpc) is 2.35. The summed E-state index contributed by atoms with van der Waals surface area (Å²) in [4.78, 5) is 0. The second-order valence-corrected chi connectivity index (χ2v) is 7.61. The summed E-state index contributed by atoms with van der Waals surface area (Å²) in [6.07, 6.45) is 1.09. The van der Waals surface area contributed by atoms with E-state index < -0.39 is 0 Å². The molecule has 0 amide bonds. The van der Waals surface area contributed by atoms with Crippen molar-refractivity contribution in [3.05, 3.63) is 28.2 Å². The fraction of sp³-hybridized carbons (Fsp3) is 0.647. The highest BCUT2D eigenvalue weighted by Crippen LogP contribution is 2.27. The van der Waals surface area contributed by atoms with Crippen LogP contribution >= 0.6 is 15.9 Å². The lowest BCUT2D eigenvalue weighted by Gasteiger charge is -2.26. The zero-order chi connectivity index (χ0) is 15.3. The van der Waals surface area contributed by atoms with Crippen LogP contribution in [0.3, 0.4) is 0 Å². The lowest BCUT2D eigenvalue weighted by Crippen LogP contribution is -2.40. The molecular formula is C17H28BrNO. The predicted molar refractivity (Wildman–Crippen MR) is 90.5 cm³/mol. The van der Waals surface area contributed by atoms with Crippen molar-refractivity contribution in [3.8, 4) is 5.75 Å². The van der Waals surface area contributed by atoms with Crippen LogP contribution in [0.15, 0.2) is 22.7 Å². The Morgan fingerprint density at radius 2 is 1.85 bits per heavy atom. The molecule has 0 aliphatic rings. The molecule has 20 heavy (non-hydrogen) atoms. The number of halogens is 1. The van der Waals surface area contributed by atoms with E-state index in [0.29, 0.717) is 11.8 Å². The predicted octanol–water partition coefficient (Wildman–Crippen LogP) is 4.66. The van der Waals surface area contributed by atoms with Gasteiger partial charge in [-0.1, -0.05) is 19.9 Å². The molecule has 1 aromatic carbocycles. The maximum atomic E-state index is 5.27. The van der Waals surface area contributed by atoms with E-state index in [4.69, 9.17) is 4.74 Å². The van der Waals surface area contributed by atoms with E-state index in [1.807, 2.05) is 6.07 Å². The van der Waals surface area contributed by atoms with Gasteiger partial charge in [-0.2, -0.15) is 0 Å². The Morgan fingerprint density at radius 1 is 1.20 bits per heavy atom. The van der Waals surface area contributed by atoms with Gasteiger partial charge in [0.25, 0.3) is 0 Å². The molecule has 0 radical (unpaired) electrons. The van der Waals surface area contributed by atoms with Crippen molar-refractivity contribution in [1.29, 1.82) is 0 Å². The van der Waals surface area contributed by atoms with Gasteiger partial charge in [0.05, 0.1) is 11.6 Å². The van der Waals surface area contributed by atoms with E-state index in [1.165, 1.54) is 5.56 Å². The van der Waals surface area contributed by atoms with Crippen LogP contribution in [0.25, 0.3) is 0 Å². The van der Waals surface area contributed by atoms with Gasteiger partial charge < -0.3 is 10.1 Å². The molecule has 0 fully saturated rings. The van der Waals surface area contributed by atoms with Gasteiger partial charge in [-0.25, -0.2) is 0 Å². The summed E-state index contributed by atoms with van der Waals surface area (Å²) in [6.45, 7) is 12.3. The summed E-state index contributed by atoms with van der Waals surface area (Å²) in [6, 6.07) is 6.35. The molecule has 0 spiro atoms. The van der Waals surface area contributed by atoms with Gasteiger partial charge in [0.1, 0.15) is 5.75 Å². The summed E-state index contributed by atoms with van der Waals surface area (Å²) >= 11 is 3.55. The summed E-state index contributed by atoms with van der Waals surface area (Å²) in [5, 5.41) is 3.59. The van der Waals surface area contributed by atoms with Crippen LogP contribution in [-0.4, -0.2) is 19.2 Å². The summed E-state index contributed by atoms with van der Waals surface area (Å²) in [5.74, 6) is 2.18. The Morgan fingerprint density at radius 3 is 2.35 bits per heavy atom. The van der Waals surface area contributed by atoms with Crippen molar-refractivity contribution in [2.45, 2.75) is 46.6 Å². The fourth-order valence-corrected chi connectivity index (χ4v) is 2.67. The molecule has 2 nitrogen and oxygen atoms in total. The molecule has 1 aromatic rings. The standard InChI is InChI=1S/C17H28BrNO/c1-12(13(2)11-19-17(3,4)5)9-14-7-8-16(20-6)15(18)10-14/h7-8,10,12-13,19H,9,11H2,1-6H3. The molecular weight excluding hydrogens is 314 g/mol. The van der Waals surface area contributed by atoms with Crippen molar-refractivity contribution in [2.24, 2.45) is 11.8 Å². The highest BCUT2D eigenvalue weighted by atomic mass is 79.9. The first kappa shape index (κ1) is 17.5. The second kappa shape index (κ2) is 7.46. The van der Waals surface area contributed by atoms with Crippen LogP contribution < -0.4 is 10.1 Å². The second-order valence-electron chi connectivity index (χ2n) is 6.76. The molecule has 0 saturated carbocycles. The zero-order valence-corrected chi connectivity index (χ0v) is 15.2. The highest BCUT2D eigenvalue weighted by Gasteiger charge is 2.16. The van der Waals surface area contributed by atoms with Gasteiger partial charge >= 0.3 is 0 Å². The molecule has 0 aliphatic heterocycles. The fourth-order valence-electron chi connectivity index (χ4n) is 2.08. The minimum atomic E-state index is 0.192. The summed E-state index contributed by atoms with van der Waals surface area (Å²) in [5.41, 5.74) is 1.55. The molecule has 0 bridgehead atoms. The third-order valence-corrected chi connectivity index (χ3v) is 4.32. The number of benzene rings is 1. The summed E-state index contributed by atoms with van der Waals surface area (Å²) < 4.78 is 6.30. The van der Waals surface area contributed by atoms with Crippen LogP contribution in [0, 0.1) is 11.8 Å². The molecule has 114 valence electrons. The zero-order valence-electron chi connectivity index (χ0n) is 13.6. The maximum absolute atomic E-state index is 5.27. The van der Waals surface area contributed by atoms with Gasteiger partial charge in [-0.05, 0) is 79.2 Å². The number of hydrogen-bond donors (Lipinski definition) is 1. The van der Waals surface area contributed by atoms with Gasteiger partial charge in [0.2, 0.25) is 0 Å². The van der Waals surface area contributed by atoms with Crippen LogP contribution in [0.5, 0.6) is 5.75 Å². The van der Waals surface area contributed by atoms with Crippen LogP contribution in [0.4, 0.5) is 0 Å². The molecule has 0 aliphatic carbocycles. The molecule has 0 heterocycles. The number of methoxy groups -OCH3 is 1. The van der Waals surface area contributed by atoms with Crippen LogP contribution in [0.2, 0.25) is 0 Å². The van der Waals surface area contributed by atoms with E-state index in [1.54, 1.807) is 7.11 Å². The number of hydrogen-bond acceptors (Lipinski definition) is 2. The quantitative estimate of drug-likeness (QED) is 0.812. The molecule has 0 aromatic heterocycles. The van der Waals surface area contributed by atoms with Crippen molar-refractivity contribution in [1.82, 2.24) is 5.32 Å². The molecule has 3 heteroatoms. The third-order valence-electron chi connectivity index (χ3n) is 3.70. The smallest absolute Gasteiger partial charge is 0.133 e.